The van der Waals surface area contributed by atoms with E-state index in [-0.39, 0.29) is 0 Å². The summed E-state index contributed by atoms with van der Waals surface area (Å²) in [6.07, 6.45) is 0. The molecular formula is C17H18N2. The molecule has 0 unspecified atom stereocenters. The average Bonchev–Trinajstić information content (AvgIpc) is 2.78. The maximum absolute atomic E-state index is 4.83. The third-order valence-corrected chi connectivity index (χ3v) is 3.50. The molecule has 0 amide bonds. The van der Waals surface area contributed by atoms with E-state index in [2.05, 4.69) is 67.8 Å². The van der Waals surface area contributed by atoms with Crippen LogP contribution in [0.25, 0.3) is 22.4 Å². The summed E-state index contributed by atoms with van der Waals surface area (Å²) in [4.78, 5) is 4.83. The van der Waals surface area contributed by atoms with Gasteiger partial charge in [-0.1, -0.05) is 36.4 Å². The van der Waals surface area contributed by atoms with Gasteiger partial charge in [-0.15, -0.1) is 0 Å². The van der Waals surface area contributed by atoms with Crippen LogP contribution in [0.5, 0.6) is 0 Å². The summed E-state index contributed by atoms with van der Waals surface area (Å²) >= 11 is 0. The molecule has 2 heteroatoms. The Balaban J connectivity index is 2.35. The molecule has 0 aliphatic carbocycles. The molecule has 0 bridgehead atoms. The van der Waals surface area contributed by atoms with Crippen LogP contribution >= 0.6 is 0 Å². The molecule has 0 spiro atoms. The number of nitrogens with zero attached hydrogens (tertiary/aromatic N) is 2. The summed E-state index contributed by atoms with van der Waals surface area (Å²) in [5.74, 6) is 1.06. The van der Waals surface area contributed by atoms with E-state index in [1.165, 1.54) is 16.6 Å². The number of hydrogen-bond donors (Lipinski definition) is 0. The number of hydrogen-bond acceptors (Lipinski definition) is 1. The van der Waals surface area contributed by atoms with Crippen LogP contribution < -0.4 is 0 Å². The second-order valence-electron chi connectivity index (χ2n) is 5.20. The van der Waals surface area contributed by atoms with Gasteiger partial charge in [0.15, 0.2) is 0 Å². The van der Waals surface area contributed by atoms with E-state index in [9.17, 15) is 0 Å². The van der Waals surface area contributed by atoms with Crippen LogP contribution in [0.15, 0.2) is 48.5 Å². The molecule has 0 aliphatic rings. The van der Waals surface area contributed by atoms with Gasteiger partial charge in [0.25, 0.3) is 0 Å². The fourth-order valence-corrected chi connectivity index (χ4v) is 2.58. The van der Waals surface area contributed by atoms with Gasteiger partial charge in [0, 0.05) is 11.6 Å². The molecule has 0 saturated carbocycles. The highest BCUT2D eigenvalue weighted by Crippen LogP contribution is 2.29. The molecule has 1 aromatic heterocycles. The van der Waals surface area contributed by atoms with Gasteiger partial charge >= 0.3 is 0 Å². The zero-order chi connectivity index (χ0) is 13.4. The van der Waals surface area contributed by atoms with Gasteiger partial charge in [-0.3, -0.25) is 0 Å². The molecule has 2 aromatic carbocycles. The minimum Gasteiger partial charge on any atom is -0.321 e. The van der Waals surface area contributed by atoms with Gasteiger partial charge in [-0.25, -0.2) is 4.98 Å². The summed E-state index contributed by atoms with van der Waals surface area (Å²) in [6.45, 7) is 6.55. The first-order valence-corrected chi connectivity index (χ1v) is 6.71. The van der Waals surface area contributed by atoms with Gasteiger partial charge in [0.2, 0.25) is 0 Å². The summed E-state index contributed by atoms with van der Waals surface area (Å²) in [5, 5.41) is 0. The number of aryl methyl sites for hydroxylation is 1. The van der Waals surface area contributed by atoms with E-state index in [1.807, 2.05) is 6.07 Å². The van der Waals surface area contributed by atoms with Crippen LogP contribution in [-0.2, 0) is 0 Å². The van der Waals surface area contributed by atoms with Crippen molar-refractivity contribution in [2.24, 2.45) is 0 Å². The van der Waals surface area contributed by atoms with Crippen LogP contribution in [0.1, 0.15) is 25.5 Å². The summed E-state index contributed by atoms with van der Waals surface area (Å²) < 4.78 is 2.32. The summed E-state index contributed by atoms with van der Waals surface area (Å²) in [7, 11) is 0. The Morgan fingerprint density at radius 1 is 0.947 bits per heavy atom. The van der Waals surface area contributed by atoms with E-state index < -0.39 is 0 Å². The number of rotatable bonds is 2. The first-order chi connectivity index (χ1) is 9.18. The van der Waals surface area contributed by atoms with Crippen LogP contribution in [0.3, 0.4) is 0 Å². The van der Waals surface area contributed by atoms with Crippen molar-refractivity contribution in [2.45, 2.75) is 26.8 Å². The van der Waals surface area contributed by atoms with E-state index in [1.54, 1.807) is 0 Å². The first kappa shape index (κ1) is 12.0. The number of aromatic nitrogens is 2. The lowest BCUT2D eigenvalue weighted by Crippen LogP contribution is -2.03. The molecule has 0 radical (unpaired) electrons. The third kappa shape index (κ3) is 1.93. The molecule has 0 saturated heterocycles. The molecular weight excluding hydrogens is 232 g/mol. The highest BCUT2D eigenvalue weighted by Gasteiger charge is 2.15. The summed E-state index contributed by atoms with van der Waals surface area (Å²) in [6, 6.07) is 17.2. The molecule has 0 aliphatic heterocycles. The monoisotopic (exact) mass is 250 g/mol. The standard InChI is InChI=1S/C17H18N2/c1-12(2)19-16-11-7-6-10-15(16)18-17(19)14-9-5-4-8-13(14)3/h4-12H,1-3H3. The lowest BCUT2D eigenvalue weighted by molar-refractivity contribution is 0.624. The van der Waals surface area contributed by atoms with Crippen molar-refractivity contribution in [2.75, 3.05) is 0 Å². The highest BCUT2D eigenvalue weighted by molar-refractivity contribution is 5.81. The van der Waals surface area contributed by atoms with Gasteiger partial charge in [0.05, 0.1) is 11.0 Å². The van der Waals surface area contributed by atoms with E-state index in [4.69, 9.17) is 4.98 Å². The second-order valence-corrected chi connectivity index (χ2v) is 5.20. The molecule has 3 aromatic rings. The van der Waals surface area contributed by atoms with Gasteiger partial charge < -0.3 is 4.57 Å². The Morgan fingerprint density at radius 2 is 1.63 bits per heavy atom. The predicted molar refractivity (Wildman–Crippen MR) is 80.3 cm³/mol. The molecule has 3 rings (SSSR count). The second kappa shape index (κ2) is 4.54. The molecule has 0 fully saturated rings. The quantitative estimate of drug-likeness (QED) is 0.650. The molecule has 0 N–H and O–H groups in total. The first-order valence-electron chi connectivity index (χ1n) is 6.71. The third-order valence-electron chi connectivity index (χ3n) is 3.50. The van der Waals surface area contributed by atoms with Gasteiger partial charge in [-0.05, 0) is 38.5 Å². The van der Waals surface area contributed by atoms with Crippen molar-refractivity contribution in [3.8, 4) is 11.4 Å². The van der Waals surface area contributed by atoms with Gasteiger partial charge in [-0.2, -0.15) is 0 Å². The molecule has 19 heavy (non-hydrogen) atoms. The van der Waals surface area contributed by atoms with E-state index >= 15 is 0 Å². The average molecular weight is 250 g/mol. The van der Waals surface area contributed by atoms with Crippen molar-refractivity contribution in [3.63, 3.8) is 0 Å². The van der Waals surface area contributed by atoms with Crippen molar-refractivity contribution < 1.29 is 0 Å². The van der Waals surface area contributed by atoms with Crippen LogP contribution in [-0.4, -0.2) is 9.55 Å². The van der Waals surface area contributed by atoms with Crippen molar-refractivity contribution >= 4 is 11.0 Å². The maximum atomic E-state index is 4.83. The summed E-state index contributed by atoms with van der Waals surface area (Å²) in [5.41, 5.74) is 4.75. The minimum atomic E-state index is 0.391. The van der Waals surface area contributed by atoms with Crippen molar-refractivity contribution in [1.29, 1.82) is 0 Å². The highest BCUT2D eigenvalue weighted by atomic mass is 15.1. The van der Waals surface area contributed by atoms with Crippen LogP contribution in [0.2, 0.25) is 0 Å². The Bertz CT molecular complexity index is 723. The van der Waals surface area contributed by atoms with Gasteiger partial charge in [0.1, 0.15) is 5.82 Å². The minimum absolute atomic E-state index is 0.391. The zero-order valence-electron chi connectivity index (χ0n) is 11.6. The normalized spacial score (nSPS) is 11.4. The van der Waals surface area contributed by atoms with E-state index in [0.29, 0.717) is 6.04 Å². The van der Waals surface area contributed by atoms with E-state index in [0.717, 1.165) is 11.3 Å². The lowest BCUT2D eigenvalue weighted by Gasteiger charge is -2.14. The molecule has 0 atom stereocenters. The maximum Gasteiger partial charge on any atom is 0.141 e. The Labute approximate surface area is 113 Å². The number of benzene rings is 2. The Hall–Kier alpha value is -2.09. The Morgan fingerprint density at radius 3 is 2.37 bits per heavy atom. The topological polar surface area (TPSA) is 17.8 Å². The smallest absolute Gasteiger partial charge is 0.141 e. The molecule has 1 heterocycles. The predicted octanol–water partition coefficient (Wildman–Crippen LogP) is 4.59. The molecule has 2 nitrogen and oxygen atoms in total. The molecule has 96 valence electrons. The zero-order valence-corrected chi connectivity index (χ0v) is 11.6. The lowest BCUT2D eigenvalue weighted by atomic mass is 10.1. The fraction of sp³-hybridized carbons (Fsp3) is 0.235. The van der Waals surface area contributed by atoms with Crippen LogP contribution in [0, 0.1) is 6.92 Å². The number of imidazole rings is 1. The largest absolute Gasteiger partial charge is 0.321 e. The van der Waals surface area contributed by atoms with Crippen LogP contribution in [0.4, 0.5) is 0 Å². The Kier molecular flexibility index (Phi) is 2.86. The van der Waals surface area contributed by atoms with Crippen molar-refractivity contribution in [3.05, 3.63) is 54.1 Å². The fourth-order valence-electron chi connectivity index (χ4n) is 2.58. The van der Waals surface area contributed by atoms with Crippen molar-refractivity contribution in [1.82, 2.24) is 9.55 Å². The SMILES string of the molecule is Cc1ccccc1-c1nc2ccccc2n1C(C)C. The number of para-hydroxylation sites is 2. The number of fused-ring (bicyclic) bond motifs is 1.